The van der Waals surface area contributed by atoms with Crippen LogP contribution in [0.5, 0.6) is 0 Å². The maximum absolute atomic E-state index is 13.8. The standard InChI is InChI=1S/C13H20FN3O2S/c14-11-7-10(20(16,18)19)5-6-13(11)17-8-9-3-1-2-4-12(9)15/h5-7,9,12,17H,1-4,8,15H2,(H2,16,18,19). The van der Waals surface area contributed by atoms with Crippen molar-refractivity contribution in [3.05, 3.63) is 24.0 Å². The number of primary sulfonamides is 1. The zero-order valence-corrected chi connectivity index (χ0v) is 12.0. The lowest BCUT2D eigenvalue weighted by Crippen LogP contribution is -2.37. The van der Waals surface area contributed by atoms with Crippen LogP contribution in [0.25, 0.3) is 0 Å². The van der Waals surface area contributed by atoms with Crippen molar-refractivity contribution in [2.75, 3.05) is 11.9 Å². The van der Waals surface area contributed by atoms with E-state index in [0.29, 0.717) is 12.5 Å². The molecular weight excluding hydrogens is 281 g/mol. The normalized spacial score (nSPS) is 23.6. The topological polar surface area (TPSA) is 98.2 Å². The van der Waals surface area contributed by atoms with E-state index >= 15 is 0 Å². The second-order valence-corrected chi connectivity index (χ2v) is 6.84. The average Bonchev–Trinajstić information content (AvgIpc) is 2.38. The van der Waals surface area contributed by atoms with E-state index in [4.69, 9.17) is 10.9 Å². The van der Waals surface area contributed by atoms with Crippen molar-refractivity contribution < 1.29 is 12.8 Å². The molecule has 1 aliphatic carbocycles. The third-order valence-corrected chi connectivity index (χ3v) is 4.70. The van der Waals surface area contributed by atoms with E-state index in [1.165, 1.54) is 12.1 Å². The van der Waals surface area contributed by atoms with Crippen molar-refractivity contribution >= 4 is 15.7 Å². The van der Waals surface area contributed by atoms with Gasteiger partial charge in [0.2, 0.25) is 10.0 Å². The molecule has 0 bridgehead atoms. The van der Waals surface area contributed by atoms with Crippen LogP contribution in [0, 0.1) is 11.7 Å². The van der Waals surface area contributed by atoms with Gasteiger partial charge in [-0.3, -0.25) is 0 Å². The monoisotopic (exact) mass is 301 g/mol. The molecule has 1 aromatic rings. The number of hydrogen-bond acceptors (Lipinski definition) is 4. The first kappa shape index (κ1) is 15.2. The van der Waals surface area contributed by atoms with Gasteiger partial charge in [0.05, 0.1) is 10.6 Å². The third-order valence-electron chi connectivity index (χ3n) is 3.79. The molecule has 0 aliphatic heterocycles. The predicted molar refractivity (Wildman–Crippen MR) is 76.2 cm³/mol. The highest BCUT2D eigenvalue weighted by molar-refractivity contribution is 7.89. The number of nitrogens with two attached hydrogens (primary N) is 2. The summed E-state index contributed by atoms with van der Waals surface area (Å²) >= 11 is 0. The van der Waals surface area contributed by atoms with Crippen LogP contribution in [0.15, 0.2) is 23.1 Å². The van der Waals surface area contributed by atoms with E-state index in [-0.39, 0.29) is 16.6 Å². The van der Waals surface area contributed by atoms with Gasteiger partial charge in [-0.25, -0.2) is 17.9 Å². The highest BCUT2D eigenvalue weighted by Crippen LogP contribution is 2.24. The fourth-order valence-electron chi connectivity index (χ4n) is 2.55. The number of anilines is 1. The van der Waals surface area contributed by atoms with E-state index in [9.17, 15) is 12.8 Å². The Morgan fingerprint density at radius 1 is 1.30 bits per heavy atom. The number of hydrogen-bond donors (Lipinski definition) is 3. The first-order valence-corrected chi connectivity index (χ1v) is 8.24. The van der Waals surface area contributed by atoms with Gasteiger partial charge in [-0.05, 0) is 37.0 Å². The van der Waals surface area contributed by atoms with Crippen LogP contribution in [0.1, 0.15) is 25.7 Å². The lowest BCUT2D eigenvalue weighted by molar-refractivity contribution is 0.321. The molecule has 0 heterocycles. The maximum Gasteiger partial charge on any atom is 0.238 e. The number of halogens is 1. The van der Waals surface area contributed by atoms with Crippen LogP contribution in [0.4, 0.5) is 10.1 Å². The highest BCUT2D eigenvalue weighted by atomic mass is 32.2. The number of rotatable bonds is 4. The molecule has 0 aromatic heterocycles. The van der Waals surface area contributed by atoms with Gasteiger partial charge in [-0.2, -0.15) is 0 Å². The van der Waals surface area contributed by atoms with Gasteiger partial charge >= 0.3 is 0 Å². The number of benzene rings is 1. The first-order chi connectivity index (χ1) is 9.38. The van der Waals surface area contributed by atoms with E-state index in [2.05, 4.69) is 5.32 Å². The summed E-state index contributed by atoms with van der Waals surface area (Å²) < 4.78 is 36.1. The van der Waals surface area contributed by atoms with Gasteiger partial charge in [0.1, 0.15) is 5.82 Å². The Hall–Kier alpha value is -1.18. The SMILES string of the molecule is NC1CCCCC1CNc1ccc(S(N)(=O)=O)cc1F. The second-order valence-electron chi connectivity index (χ2n) is 5.28. The highest BCUT2D eigenvalue weighted by Gasteiger charge is 2.21. The summed E-state index contributed by atoms with van der Waals surface area (Å²) in [6.45, 7) is 0.590. The summed E-state index contributed by atoms with van der Waals surface area (Å²) in [4.78, 5) is -0.227. The third kappa shape index (κ3) is 3.68. The van der Waals surface area contributed by atoms with E-state index in [1.807, 2.05) is 0 Å². The molecule has 5 nitrogen and oxygen atoms in total. The maximum atomic E-state index is 13.8. The Bertz CT molecular complexity index is 577. The molecule has 0 spiro atoms. The molecule has 0 saturated heterocycles. The molecule has 1 aromatic carbocycles. The smallest absolute Gasteiger partial charge is 0.238 e. The Labute approximate surface area is 118 Å². The summed E-state index contributed by atoms with van der Waals surface area (Å²) in [5, 5.41) is 7.95. The molecule has 112 valence electrons. The fourth-order valence-corrected chi connectivity index (χ4v) is 3.07. The van der Waals surface area contributed by atoms with E-state index in [0.717, 1.165) is 31.7 Å². The van der Waals surface area contributed by atoms with Gasteiger partial charge in [0, 0.05) is 12.6 Å². The number of sulfonamides is 1. The van der Waals surface area contributed by atoms with Crippen molar-refractivity contribution in [3.8, 4) is 0 Å². The van der Waals surface area contributed by atoms with E-state index < -0.39 is 15.8 Å². The molecule has 1 fully saturated rings. The fraction of sp³-hybridized carbons (Fsp3) is 0.538. The second kappa shape index (κ2) is 6.07. The Balaban J connectivity index is 2.03. The van der Waals surface area contributed by atoms with Crippen LogP contribution >= 0.6 is 0 Å². The van der Waals surface area contributed by atoms with Crippen molar-refractivity contribution in [1.29, 1.82) is 0 Å². The van der Waals surface area contributed by atoms with Crippen LogP contribution in [0.2, 0.25) is 0 Å². The van der Waals surface area contributed by atoms with Crippen molar-refractivity contribution in [1.82, 2.24) is 0 Å². The summed E-state index contributed by atoms with van der Waals surface area (Å²) in [5.74, 6) is -0.304. The van der Waals surface area contributed by atoms with Gasteiger partial charge in [0.25, 0.3) is 0 Å². The minimum Gasteiger partial charge on any atom is -0.382 e. The van der Waals surface area contributed by atoms with Gasteiger partial charge in [-0.15, -0.1) is 0 Å². The molecule has 20 heavy (non-hydrogen) atoms. The molecular formula is C13H20FN3O2S. The molecule has 5 N–H and O–H groups in total. The summed E-state index contributed by atoms with van der Waals surface area (Å²) in [6.07, 6.45) is 4.33. The first-order valence-electron chi connectivity index (χ1n) is 6.70. The van der Waals surface area contributed by atoms with Crippen molar-refractivity contribution in [3.63, 3.8) is 0 Å². The lowest BCUT2D eigenvalue weighted by atomic mass is 9.85. The zero-order chi connectivity index (χ0) is 14.8. The van der Waals surface area contributed by atoms with Crippen LogP contribution < -0.4 is 16.2 Å². The Morgan fingerprint density at radius 2 is 2.00 bits per heavy atom. The van der Waals surface area contributed by atoms with Crippen LogP contribution in [-0.2, 0) is 10.0 Å². The minimum atomic E-state index is -3.87. The Kier molecular flexibility index (Phi) is 4.62. The molecule has 2 rings (SSSR count). The molecule has 0 radical (unpaired) electrons. The van der Waals surface area contributed by atoms with Gasteiger partial charge in [-0.1, -0.05) is 12.8 Å². The van der Waals surface area contributed by atoms with Crippen LogP contribution in [0.3, 0.4) is 0 Å². The molecule has 2 unspecified atom stereocenters. The van der Waals surface area contributed by atoms with Gasteiger partial charge < -0.3 is 11.1 Å². The minimum absolute atomic E-state index is 0.142. The Morgan fingerprint density at radius 3 is 2.60 bits per heavy atom. The molecule has 0 amide bonds. The quantitative estimate of drug-likeness (QED) is 0.783. The molecule has 1 saturated carbocycles. The van der Waals surface area contributed by atoms with E-state index in [1.54, 1.807) is 0 Å². The summed E-state index contributed by atoms with van der Waals surface area (Å²) in [6, 6.07) is 3.76. The summed E-state index contributed by atoms with van der Waals surface area (Å²) in [7, 11) is -3.87. The van der Waals surface area contributed by atoms with Gasteiger partial charge in [0.15, 0.2) is 0 Å². The van der Waals surface area contributed by atoms with Crippen molar-refractivity contribution in [2.45, 2.75) is 36.6 Å². The van der Waals surface area contributed by atoms with Crippen LogP contribution in [-0.4, -0.2) is 21.0 Å². The summed E-state index contributed by atoms with van der Waals surface area (Å²) in [5.41, 5.74) is 6.31. The average molecular weight is 301 g/mol. The molecule has 2 atom stereocenters. The predicted octanol–water partition coefficient (Wildman–Crippen LogP) is 1.40. The molecule has 7 heteroatoms. The largest absolute Gasteiger partial charge is 0.382 e. The number of nitrogens with one attached hydrogen (secondary N) is 1. The van der Waals surface area contributed by atoms with Crippen molar-refractivity contribution in [2.24, 2.45) is 16.8 Å². The lowest BCUT2D eigenvalue weighted by Gasteiger charge is -2.29. The zero-order valence-electron chi connectivity index (χ0n) is 11.2. The molecule has 1 aliphatic rings.